The maximum atomic E-state index is 11.7. The first kappa shape index (κ1) is 16.2. The highest BCUT2D eigenvalue weighted by molar-refractivity contribution is 7.14. The number of nitrogens with zero attached hydrogens (tertiary/aromatic N) is 4. The summed E-state index contributed by atoms with van der Waals surface area (Å²) < 4.78 is 4.47. The van der Waals surface area contributed by atoms with Gasteiger partial charge in [-0.1, -0.05) is 6.58 Å². The van der Waals surface area contributed by atoms with Crippen LogP contribution in [0.15, 0.2) is 36.4 Å². The van der Waals surface area contributed by atoms with Crippen molar-refractivity contribution in [2.75, 3.05) is 18.4 Å². The van der Waals surface area contributed by atoms with Gasteiger partial charge in [0.15, 0.2) is 10.9 Å². The molecular formula is C17H17N5OS2. The Bertz CT molecular complexity index is 897. The van der Waals surface area contributed by atoms with Gasteiger partial charge in [-0.05, 0) is 42.6 Å². The summed E-state index contributed by atoms with van der Waals surface area (Å²) in [6.45, 7) is 5.07. The van der Waals surface area contributed by atoms with Crippen LogP contribution in [-0.4, -0.2) is 38.2 Å². The van der Waals surface area contributed by atoms with Crippen LogP contribution in [0.2, 0.25) is 0 Å². The predicted octanol–water partition coefficient (Wildman–Crippen LogP) is 3.78. The normalized spacial score (nSPS) is 15.4. The monoisotopic (exact) mass is 371 g/mol. The average Bonchev–Trinajstić information content (AvgIpc) is 3.31. The van der Waals surface area contributed by atoms with Crippen LogP contribution in [0, 0.1) is 0 Å². The topological polar surface area (TPSA) is 71.0 Å². The fraction of sp³-hybridized carbons (Fsp3) is 0.294. The number of nitrogens with one attached hydrogen (secondary N) is 1. The summed E-state index contributed by atoms with van der Waals surface area (Å²) in [6, 6.07) is 4.16. The zero-order valence-corrected chi connectivity index (χ0v) is 15.1. The molecule has 0 unspecified atom stereocenters. The van der Waals surface area contributed by atoms with Gasteiger partial charge >= 0.3 is 0 Å². The second-order valence-corrected chi connectivity index (χ2v) is 7.53. The van der Waals surface area contributed by atoms with E-state index in [-0.39, 0.29) is 5.91 Å². The summed E-state index contributed by atoms with van der Waals surface area (Å²) in [4.78, 5) is 23.5. The fourth-order valence-electron chi connectivity index (χ4n) is 3.07. The molecule has 1 fully saturated rings. The van der Waals surface area contributed by atoms with Crippen LogP contribution in [0.5, 0.6) is 0 Å². The molecule has 0 aliphatic carbocycles. The Hall–Kier alpha value is -2.32. The minimum atomic E-state index is 0.0159. The summed E-state index contributed by atoms with van der Waals surface area (Å²) >= 11 is 2.94. The van der Waals surface area contributed by atoms with Crippen molar-refractivity contribution in [3.05, 3.63) is 42.1 Å². The lowest BCUT2D eigenvalue weighted by atomic mass is 9.93. The van der Waals surface area contributed by atoms with Crippen molar-refractivity contribution in [3.63, 3.8) is 0 Å². The maximum Gasteiger partial charge on any atom is 0.245 e. The molecule has 1 amide bonds. The van der Waals surface area contributed by atoms with Gasteiger partial charge < -0.3 is 10.2 Å². The molecule has 0 spiro atoms. The third-order valence-corrected chi connectivity index (χ3v) is 5.86. The third-order valence-electron chi connectivity index (χ3n) is 4.42. The van der Waals surface area contributed by atoms with Gasteiger partial charge in [0.1, 0.15) is 4.83 Å². The van der Waals surface area contributed by atoms with E-state index in [4.69, 9.17) is 4.98 Å². The lowest BCUT2D eigenvalue weighted by Crippen LogP contribution is -2.36. The molecule has 4 heterocycles. The predicted molar refractivity (Wildman–Crippen MR) is 102 cm³/mol. The van der Waals surface area contributed by atoms with Gasteiger partial charge in [0.25, 0.3) is 0 Å². The Labute approximate surface area is 153 Å². The van der Waals surface area contributed by atoms with Crippen LogP contribution in [0.4, 0.5) is 10.9 Å². The number of rotatable bonds is 4. The Morgan fingerprint density at radius 1 is 1.36 bits per heavy atom. The van der Waals surface area contributed by atoms with E-state index in [0.29, 0.717) is 5.92 Å². The van der Waals surface area contributed by atoms with Gasteiger partial charge in [-0.3, -0.25) is 4.79 Å². The Morgan fingerprint density at radius 3 is 2.92 bits per heavy atom. The van der Waals surface area contributed by atoms with Crippen molar-refractivity contribution in [3.8, 4) is 0 Å². The van der Waals surface area contributed by atoms with Crippen LogP contribution in [-0.2, 0) is 4.79 Å². The van der Waals surface area contributed by atoms with E-state index >= 15 is 0 Å². The van der Waals surface area contributed by atoms with E-state index in [1.807, 2.05) is 10.3 Å². The molecule has 3 aromatic heterocycles. The smallest absolute Gasteiger partial charge is 0.245 e. The van der Waals surface area contributed by atoms with Gasteiger partial charge in [0.05, 0.1) is 5.39 Å². The standard InChI is InChI=1S/C17H17N5OS2/c1-2-14(23)22-8-5-11(6-9-22)13-4-3-12-15(21-25-16(12)19-13)20-17-18-7-10-24-17/h2-4,7,10-11H,1,5-6,8-9H2,(H,18,20,21). The number of aromatic nitrogens is 3. The molecule has 1 saturated heterocycles. The van der Waals surface area contributed by atoms with Gasteiger partial charge in [0.2, 0.25) is 5.91 Å². The van der Waals surface area contributed by atoms with E-state index in [1.165, 1.54) is 17.6 Å². The minimum absolute atomic E-state index is 0.0159. The first-order valence-electron chi connectivity index (χ1n) is 8.09. The maximum absolute atomic E-state index is 11.7. The van der Waals surface area contributed by atoms with Crippen LogP contribution >= 0.6 is 22.9 Å². The summed E-state index contributed by atoms with van der Waals surface area (Å²) in [5.41, 5.74) is 1.09. The van der Waals surface area contributed by atoms with Crippen molar-refractivity contribution in [2.24, 2.45) is 0 Å². The molecule has 25 heavy (non-hydrogen) atoms. The number of piperidine rings is 1. The molecule has 0 bridgehead atoms. The molecular weight excluding hydrogens is 354 g/mol. The quantitative estimate of drug-likeness (QED) is 0.707. The molecule has 4 rings (SSSR count). The van der Waals surface area contributed by atoms with Crippen LogP contribution in [0.3, 0.4) is 0 Å². The molecule has 3 aromatic rings. The summed E-state index contributed by atoms with van der Waals surface area (Å²) in [5, 5.41) is 7.02. The number of pyridine rings is 1. The highest BCUT2D eigenvalue weighted by Crippen LogP contribution is 2.32. The Kier molecular flexibility index (Phi) is 4.46. The average molecular weight is 371 g/mol. The van der Waals surface area contributed by atoms with Gasteiger partial charge in [-0.15, -0.1) is 11.3 Å². The van der Waals surface area contributed by atoms with Gasteiger partial charge in [-0.2, -0.15) is 4.37 Å². The van der Waals surface area contributed by atoms with E-state index < -0.39 is 0 Å². The highest BCUT2D eigenvalue weighted by atomic mass is 32.1. The van der Waals surface area contributed by atoms with Crippen molar-refractivity contribution < 1.29 is 4.79 Å². The number of anilines is 2. The largest absolute Gasteiger partial charge is 0.339 e. The Balaban J connectivity index is 1.51. The number of likely N-dealkylation sites (tertiary alicyclic amines) is 1. The number of hydrogen-bond acceptors (Lipinski definition) is 7. The van der Waals surface area contributed by atoms with E-state index in [1.54, 1.807) is 17.5 Å². The zero-order chi connectivity index (χ0) is 17.2. The van der Waals surface area contributed by atoms with E-state index in [0.717, 1.165) is 52.8 Å². The number of hydrogen-bond donors (Lipinski definition) is 1. The Morgan fingerprint density at radius 2 is 2.20 bits per heavy atom. The van der Waals surface area contributed by atoms with E-state index in [2.05, 4.69) is 33.4 Å². The van der Waals surface area contributed by atoms with Crippen molar-refractivity contribution >= 4 is 49.9 Å². The van der Waals surface area contributed by atoms with Crippen molar-refractivity contribution in [1.82, 2.24) is 19.2 Å². The van der Waals surface area contributed by atoms with Crippen molar-refractivity contribution in [1.29, 1.82) is 0 Å². The van der Waals surface area contributed by atoms with Gasteiger partial charge in [0, 0.05) is 36.3 Å². The van der Waals surface area contributed by atoms with Crippen LogP contribution < -0.4 is 5.32 Å². The molecule has 1 N–H and O–H groups in total. The number of thiazole rings is 1. The SMILES string of the molecule is C=CC(=O)N1CCC(c2ccc3c(Nc4nccs4)nsc3n2)CC1. The molecule has 0 atom stereocenters. The van der Waals surface area contributed by atoms with Gasteiger partial charge in [-0.25, -0.2) is 9.97 Å². The molecule has 6 nitrogen and oxygen atoms in total. The lowest BCUT2D eigenvalue weighted by molar-refractivity contribution is -0.127. The fourth-order valence-corrected chi connectivity index (χ4v) is 4.33. The highest BCUT2D eigenvalue weighted by Gasteiger charge is 2.24. The number of carbonyl (C=O) groups excluding carboxylic acids is 1. The summed E-state index contributed by atoms with van der Waals surface area (Å²) in [5.74, 6) is 1.21. The second kappa shape index (κ2) is 6.89. The minimum Gasteiger partial charge on any atom is -0.339 e. The van der Waals surface area contributed by atoms with Crippen LogP contribution in [0.1, 0.15) is 24.5 Å². The number of fused-ring (bicyclic) bond motifs is 1. The lowest BCUT2D eigenvalue weighted by Gasteiger charge is -2.31. The summed E-state index contributed by atoms with van der Waals surface area (Å²) in [6.07, 6.45) is 5.02. The molecule has 0 radical (unpaired) electrons. The molecule has 1 aliphatic heterocycles. The van der Waals surface area contributed by atoms with E-state index in [9.17, 15) is 4.79 Å². The number of amides is 1. The van der Waals surface area contributed by atoms with Crippen molar-refractivity contribution in [2.45, 2.75) is 18.8 Å². The summed E-state index contributed by atoms with van der Waals surface area (Å²) in [7, 11) is 0. The number of carbonyl (C=O) groups is 1. The molecule has 0 saturated carbocycles. The molecule has 0 aromatic carbocycles. The zero-order valence-electron chi connectivity index (χ0n) is 13.5. The molecule has 128 valence electrons. The first-order valence-corrected chi connectivity index (χ1v) is 9.74. The third kappa shape index (κ3) is 3.27. The molecule has 8 heteroatoms. The second-order valence-electron chi connectivity index (χ2n) is 5.89. The first-order chi connectivity index (χ1) is 12.2. The van der Waals surface area contributed by atoms with Crippen LogP contribution in [0.25, 0.3) is 10.2 Å². The molecule has 1 aliphatic rings.